The summed E-state index contributed by atoms with van der Waals surface area (Å²) in [5.74, 6) is 0.529. The molecule has 4 nitrogen and oxygen atoms in total. The molecule has 94 valence electrons. The van der Waals surface area contributed by atoms with Gasteiger partial charge >= 0.3 is 0 Å². The number of nitrogens with zero attached hydrogens (tertiary/aromatic N) is 1. The van der Waals surface area contributed by atoms with Crippen LogP contribution in [0.3, 0.4) is 0 Å². The molecule has 0 radical (unpaired) electrons. The van der Waals surface area contributed by atoms with Crippen molar-refractivity contribution in [2.75, 3.05) is 0 Å². The second-order valence-corrected chi connectivity index (χ2v) is 5.00. The first-order valence-corrected chi connectivity index (χ1v) is 6.39. The Bertz CT molecular complexity index is 583. The molecule has 0 atom stereocenters. The van der Waals surface area contributed by atoms with Gasteiger partial charge in [-0.25, -0.2) is 0 Å². The van der Waals surface area contributed by atoms with E-state index in [2.05, 4.69) is 26.4 Å². The summed E-state index contributed by atoms with van der Waals surface area (Å²) >= 11 is 9.13. The van der Waals surface area contributed by atoms with Gasteiger partial charge in [-0.05, 0) is 41.1 Å². The topological polar surface area (TPSA) is 55.1 Å². The summed E-state index contributed by atoms with van der Waals surface area (Å²) in [5, 5.41) is 7.11. The number of hydrogen-bond donors (Lipinski definition) is 1. The van der Waals surface area contributed by atoms with Crippen molar-refractivity contribution in [3.05, 3.63) is 50.8 Å². The molecule has 1 aromatic heterocycles. The Kier molecular flexibility index (Phi) is 4.04. The van der Waals surface area contributed by atoms with Gasteiger partial charge in [-0.3, -0.25) is 4.79 Å². The predicted molar refractivity (Wildman–Crippen MR) is 71.6 cm³/mol. The summed E-state index contributed by atoms with van der Waals surface area (Å²) in [6.07, 6.45) is 0. The van der Waals surface area contributed by atoms with Crippen molar-refractivity contribution < 1.29 is 9.32 Å². The molecule has 0 bridgehead atoms. The highest BCUT2D eigenvalue weighted by Gasteiger charge is 2.08. The fourth-order valence-electron chi connectivity index (χ4n) is 1.41. The number of nitrogens with one attached hydrogen (secondary N) is 1. The molecule has 0 aliphatic heterocycles. The third-order valence-electron chi connectivity index (χ3n) is 2.29. The molecule has 1 heterocycles. The molecule has 0 unspecified atom stereocenters. The van der Waals surface area contributed by atoms with Gasteiger partial charge in [-0.1, -0.05) is 16.8 Å². The van der Waals surface area contributed by atoms with E-state index in [0.29, 0.717) is 33.1 Å². The van der Waals surface area contributed by atoms with Gasteiger partial charge in [0, 0.05) is 16.1 Å². The fourth-order valence-corrected chi connectivity index (χ4v) is 1.91. The molecule has 2 aromatic rings. The Balaban J connectivity index is 2.01. The Morgan fingerprint density at radius 3 is 2.89 bits per heavy atom. The fraction of sp³-hybridized carbons (Fsp3) is 0.167. The van der Waals surface area contributed by atoms with Gasteiger partial charge in [0.25, 0.3) is 5.91 Å². The number of aryl methyl sites for hydroxylation is 1. The molecule has 0 aliphatic carbocycles. The van der Waals surface area contributed by atoms with Crippen LogP contribution in [0.2, 0.25) is 5.02 Å². The molecule has 0 saturated carbocycles. The largest absolute Gasteiger partial charge is 0.361 e. The maximum absolute atomic E-state index is 11.9. The van der Waals surface area contributed by atoms with E-state index in [-0.39, 0.29) is 5.91 Å². The van der Waals surface area contributed by atoms with Crippen LogP contribution >= 0.6 is 27.5 Å². The smallest absolute Gasteiger partial charge is 0.251 e. The third-order valence-corrected chi connectivity index (χ3v) is 3.50. The summed E-state index contributed by atoms with van der Waals surface area (Å²) in [6.45, 7) is 2.13. The molecular formula is C12H10BrClN2O2. The van der Waals surface area contributed by atoms with Crippen molar-refractivity contribution in [1.82, 2.24) is 10.5 Å². The van der Waals surface area contributed by atoms with E-state index in [1.807, 2.05) is 0 Å². The minimum absolute atomic E-state index is 0.187. The van der Waals surface area contributed by atoms with E-state index in [4.69, 9.17) is 16.1 Å². The van der Waals surface area contributed by atoms with E-state index < -0.39 is 0 Å². The first-order valence-electron chi connectivity index (χ1n) is 5.21. The second kappa shape index (κ2) is 5.54. The number of halogens is 2. The molecule has 0 spiro atoms. The average Bonchev–Trinajstić information content (AvgIpc) is 2.75. The van der Waals surface area contributed by atoms with E-state index in [1.54, 1.807) is 31.2 Å². The van der Waals surface area contributed by atoms with Gasteiger partial charge in [0.05, 0.1) is 11.6 Å². The van der Waals surface area contributed by atoms with E-state index >= 15 is 0 Å². The standard InChI is InChI=1S/C12H10BrClN2O2/c1-7-4-9(16-18-7)6-15-12(17)8-2-3-11(14)10(13)5-8/h2-5H,6H2,1H3,(H,15,17). The maximum atomic E-state index is 11.9. The van der Waals surface area contributed by atoms with Gasteiger partial charge in [0.2, 0.25) is 0 Å². The molecular weight excluding hydrogens is 320 g/mol. The Morgan fingerprint density at radius 2 is 2.28 bits per heavy atom. The number of hydrogen-bond acceptors (Lipinski definition) is 3. The number of carbonyl (C=O) groups excluding carboxylic acids is 1. The summed E-state index contributed by atoms with van der Waals surface area (Å²) in [4.78, 5) is 11.9. The minimum Gasteiger partial charge on any atom is -0.361 e. The van der Waals surface area contributed by atoms with E-state index in [1.165, 1.54) is 0 Å². The molecule has 18 heavy (non-hydrogen) atoms. The second-order valence-electron chi connectivity index (χ2n) is 3.74. The monoisotopic (exact) mass is 328 g/mol. The van der Waals surface area contributed by atoms with E-state index in [0.717, 1.165) is 0 Å². The summed E-state index contributed by atoms with van der Waals surface area (Å²) in [6, 6.07) is 6.78. The van der Waals surface area contributed by atoms with Crippen molar-refractivity contribution in [2.24, 2.45) is 0 Å². The van der Waals surface area contributed by atoms with Gasteiger partial charge in [0.1, 0.15) is 11.5 Å². The molecule has 0 saturated heterocycles. The van der Waals surface area contributed by atoms with Crippen molar-refractivity contribution >= 4 is 33.4 Å². The zero-order chi connectivity index (χ0) is 13.1. The molecule has 1 amide bonds. The SMILES string of the molecule is Cc1cc(CNC(=O)c2ccc(Cl)c(Br)c2)no1. The number of rotatable bonds is 3. The van der Waals surface area contributed by atoms with Crippen LogP contribution < -0.4 is 5.32 Å². The lowest BCUT2D eigenvalue weighted by atomic mass is 10.2. The van der Waals surface area contributed by atoms with Crippen molar-refractivity contribution in [1.29, 1.82) is 0 Å². The highest BCUT2D eigenvalue weighted by Crippen LogP contribution is 2.23. The van der Waals surface area contributed by atoms with Crippen LogP contribution in [0.15, 0.2) is 33.3 Å². The van der Waals surface area contributed by atoms with Crippen LogP contribution in [-0.4, -0.2) is 11.1 Å². The van der Waals surface area contributed by atoms with Crippen LogP contribution in [0.5, 0.6) is 0 Å². The quantitative estimate of drug-likeness (QED) is 0.939. The summed E-state index contributed by atoms with van der Waals surface area (Å²) in [5.41, 5.74) is 1.22. The van der Waals surface area contributed by atoms with Crippen LogP contribution in [0.25, 0.3) is 0 Å². The molecule has 0 fully saturated rings. The minimum atomic E-state index is -0.187. The highest BCUT2D eigenvalue weighted by molar-refractivity contribution is 9.10. The lowest BCUT2D eigenvalue weighted by Gasteiger charge is -2.04. The Hall–Kier alpha value is -1.33. The zero-order valence-corrected chi connectivity index (χ0v) is 11.9. The number of aromatic nitrogens is 1. The number of amides is 1. The van der Waals surface area contributed by atoms with Crippen molar-refractivity contribution in [3.8, 4) is 0 Å². The Morgan fingerprint density at radius 1 is 1.50 bits per heavy atom. The molecule has 1 aromatic carbocycles. The first-order chi connectivity index (χ1) is 8.56. The lowest BCUT2D eigenvalue weighted by Crippen LogP contribution is -2.22. The van der Waals surface area contributed by atoms with Crippen LogP contribution in [0.1, 0.15) is 21.8 Å². The van der Waals surface area contributed by atoms with Gasteiger partial charge < -0.3 is 9.84 Å². The third kappa shape index (κ3) is 3.11. The summed E-state index contributed by atoms with van der Waals surface area (Å²) in [7, 11) is 0. The van der Waals surface area contributed by atoms with Gasteiger partial charge in [0.15, 0.2) is 0 Å². The molecule has 0 aliphatic rings. The zero-order valence-electron chi connectivity index (χ0n) is 9.54. The Labute approximate surface area is 117 Å². The van der Waals surface area contributed by atoms with Gasteiger partial charge in [-0.2, -0.15) is 0 Å². The summed E-state index contributed by atoms with van der Waals surface area (Å²) < 4.78 is 5.60. The van der Waals surface area contributed by atoms with Crippen molar-refractivity contribution in [3.63, 3.8) is 0 Å². The molecule has 1 N–H and O–H groups in total. The molecule has 2 rings (SSSR count). The average molecular weight is 330 g/mol. The van der Waals surface area contributed by atoms with Gasteiger partial charge in [-0.15, -0.1) is 0 Å². The van der Waals surface area contributed by atoms with Crippen molar-refractivity contribution in [2.45, 2.75) is 13.5 Å². The normalized spacial score (nSPS) is 10.4. The maximum Gasteiger partial charge on any atom is 0.251 e. The highest BCUT2D eigenvalue weighted by atomic mass is 79.9. The van der Waals surface area contributed by atoms with Crippen LogP contribution in [0.4, 0.5) is 0 Å². The van der Waals surface area contributed by atoms with Crippen LogP contribution in [0, 0.1) is 6.92 Å². The molecule has 6 heteroatoms. The van der Waals surface area contributed by atoms with Crippen LogP contribution in [-0.2, 0) is 6.54 Å². The first kappa shape index (κ1) is 13.1. The lowest BCUT2D eigenvalue weighted by molar-refractivity contribution is 0.0950. The predicted octanol–water partition coefficient (Wildman–Crippen LogP) is 3.33. The van der Waals surface area contributed by atoms with E-state index in [9.17, 15) is 4.79 Å². The number of carbonyl (C=O) groups is 1. The number of benzene rings is 1.